The highest BCUT2D eigenvalue weighted by atomic mass is 127. The van der Waals surface area contributed by atoms with Gasteiger partial charge in [-0.05, 0) is 34.2 Å². The fourth-order valence-electron chi connectivity index (χ4n) is 1.32. The van der Waals surface area contributed by atoms with E-state index in [0.29, 0.717) is 11.3 Å². The van der Waals surface area contributed by atoms with Gasteiger partial charge in [0.1, 0.15) is 0 Å². The highest BCUT2D eigenvalue weighted by Gasteiger charge is 2.12. The standard InChI is InChI=1S/C9H6INO2S/c10-8-3-1-2-6-4-7(14(12)13)5-11-9(6)8/h1-3,5H,4H2. The van der Waals surface area contributed by atoms with Gasteiger partial charge in [-0.2, -0.15) is 8.42 Å². The van der Waals surface area contributed by atoms with Crippen molar-refractivity contribution in [3.8, 4) is 0 Å². The molecule has 2 rings (SSSR count). The minimum absolute atomic E-state index is 0.347. The lowest BCUT2D eigenvalue weighted by molar-refractivity contribution is 0.627. The Labute approximate surface area is 96.5 Å². The van der Waals surface area contributed by atoms with Gasteiger partial charge in [-0.25, -0.2) is 0 Å². The lowest BCUT2D eigenvalue weighted by atomic mass is 10.1. The van der Waals surface area contributed by atoms with E-state index in [1.54, 1.807) is 0 Å². The van der Waals surface area contributed by atoms with Gasteiger partial charge in [0.15, 0.2) is 0 Å². The van der Waals surface area contributed by atoms with Crippen LogP contribution in [0.25, 0.3) is 0 Å². The van der Waals surface area contributed by atoms with Crippen LogP contribution in [-0.4, -0.2) is 19.5 Å². The summed E-state index contributed by atoms with van der Waals surface area (Å²) < 4.78 is 22.5. The van der Waals surface area contributed by atoms with Crippen LogP contribution in [0.15, 0.2) is 23.2 Å². The van der Waals surface area contributed by atoms with Crippen LogP contribution in [0.1, 0.15) is 5.56 Å². The van der Waals surface area contributed by atoms with E-state index in [1.807, 2.05) is 18.2 Å². The summed E-state index contributed by atoms with van der Waals surface area (Å²) in [6.45, 7) is 0. The average molecular weight is 319 g/mol. The molecule has 72 valence electrons. The van der Waals surface area contributed by atoms with Crippen LogP contribution in [0, 0.1) is 3.57 Å². The van der Waals surface area contributed by atoms with Crippen molar-refractivity contribution in [1.29, 1.82) is 0 Å². The van der Waals surface area contributed by atoms with E-state index in [2.05, 4.69) is 27.6 Å². The molecule has 0 saturated heterocycles. The van der Waals surface area contributed by atoms with Crippen LogP contribution in [0.2, 0.25) is 0 Å². The summed E-state index contributed by atoms with van der Waals surface area (Å²) in [5.74, 6) is 0. The average Bonchev–Trinajstić information content (AvgIpc) is 2.17. The highest BCUT2D eigenvalue weighted by molar-refractivity contribution is 14.1. The Morgan fingerprint density at radius 1 is 1.36 bits per heavy atom. The Balaban J connectivity index is 2.62. The van der Waals surface area contributed by atoms with Gasteiger partial charge in [0.25, 0.3) is 0 Å². The van der Waals surface area contributed by atoms with Crippen molar-refractivity contribution in [2.24, 2.45) is 4.99 Å². The molecule has 0 N–H and O–H groups in total. The molecule has 1 aliphatic heterocycles. The first-order chi connectivity index (χ1) is 6.68. The number of para-hydroxylation sites is 1. The largest absolute Gasteiger partial charge is 0.254 e. The van der Waals surface area contributed by atoms with Crippen molar-refractivity contribution in [2.75, 3.05) is 0 Å². The number of rotatable bonds is 0. The van der Waals surface area contributed by atoms with Crippen molar-refractivity contribution in [1.82, 2.24) is 0 Å². The zero-order valence-electron chi connectivity index (χ0n) is 7.07. The van der Waals surface area contributed by atoms with Crippen molar-refractivity contribution in [3.63, 3.8) is 0 Å². The van der Waals surface area contributed by atoms with E-state index >= 15 is 0 Å². The lowest BCUT2D eigenvalue weighted by Crippen LogP contribution is -2.10. The molecule has 0 atom stereocenters. The molecular formula is C9H6INO2S. The normalized spacial score (nSPS) is 13.9. The van der Waals surface area contributed by atoms with Gasteiger partial charge in [0, 0.05) is 16.2 Å². The molecule has 0 fully saturated rings. The van der Waals surface area contributed by atoms with Gasteiger partial charge < -0.3 is 0 Å². The molecule has 5 heteroatoms. The Morgan fingerprint density at radius 2 is 2.14 bits per heavy atom. The number of fused-ring (bicyclic) bond motifs is 1. The second-order valence-corrected chi connectivity index (χ2v) is 5.04. The molecule has 0 amide bonds. The first-order valence-electron chi connectivity index (χ1n) is 3.95. The maximum atomic E-state index is 10.7. The van der Waals surface area contributed by atoms with Gasteiger partial charge in [-0.3, -0.25) is 4.99 Å². The molecule has 0 unspecified atom stereocenters. The van der Waals surface area contributed by atoms with Crippen molar-refractivity contribution < 1.29 is 8.42 Å². The van der Waals surface area contributed by atoms with Crippen LogP contribution >= 0.6 is 22.6 Å². The van der Waals surface area contributed by atoms with Crippen molar-refractivity contribution in [2.45, 2.75) is 6.42 Å². The van der Waals surface area contributed by atoms with Crippen molar-refractivity contribution in [3.05, 3.63) is 27.3 Å². The van der Waals surface area contributed by atoms with E-state index in [1.165, 1.54) is 6.21 Å². The van der Waals surface area contributed by atoms with Gasteiger partial charge in [-0.15, -0.1) is 0 Å². The maximum Gasteiger partial charge on any atom is 0.219 e. The lowest BCUT2D eigenvalue weighted by Gasteiger charge is -2.10. The molecule has 0 bridgehead atoms. The molecule has 0 radical (unpaired) electrons. The number of hydrogen-bond acceptors (Lipinski definition) is 3. The molecule has 0 saturated carbocycles. The van der Waals surface area contributed by atoms with Crippen LogP contribution in [0.4, 0.5) is 5.69 Å². The monoisotopic (exact) mass is 319 g/mol. The number of halogens is 1. The number of hydrogen-bond donors (Lipinski definition) is 0. The fourth-order valence-corrected chi connectivity index (χ4v) is 2.42. The van der Waals surface area contributed by atoms with Crippen LogP contribution in [0.5, 0.6) is 0 Å². The molecule has 14 heavy (non-hydrogen) atoms. The minimum Gasteiger partial charge on any atom is -0.254 e. The molecule has 3 nitrogen and oxygen atoms in total. The Hall–Kier alpha value is -0.690. The summed E-state index contributed by atoms with van der Waals surface area (Å²) in [5, 5.41) is 0. The number of aliphatic imine (C=N–C) groups is 1. The van der Waals surface area contributed by atoms with Gasteiger partial charge >= 0.3 is 0 Å². The Morgan fingerprint density at radius 3 is 2.86 bits per heavy atom. The molecule has 1 aliphatic rings. The number of benzene rings is 1. The molecule has 1 aromatic rings. The summed E-state index contributed by atoms with van der Waals surface area (Å²) in [4.78, 5) is 4.48. The number of nitrogens with zero attached hydrogens (tertiary/aromatic N) is 1. The van der Waals surface area contributed by atoms with Crippen LogP contribution < -0.4 is 0 Å². The van der Waals surface area contributed by atoms with E-state index in [-0.39, 0.29) is 0 Å². The zero-order valence-corrected chi connectivity index (χ0v) is 10.0. The molecule has 1 heterocycles. The summed E-state index contributed by atoms with van der Waals surface area (Å²) in [7, 11) is -2.15. The molecule has 0 aliphatic carbocycles. The Kier molecular flexibility index (Phi) is 2.69. The predicted octanol–water partition coefficient (Wildman–Crippen LogP) is 1.60. The predicted molar refractivity (Wildman–Crippen MR) is 64.9 cm³/mol. The van der Waals surface area contributed by atoms with Gasteiger partial charge in [0.2, 0.25) is 10.3 Å². The van der Waals surface area contributed by atoms with Crippen molar-refractivity contribution >= 4 is 49.7 Å². The van der Waals surface area contributed by atoms with Crippen LogP contribution in [0.3, 0.4) is 0 Å². The topological polar surface area (TPSA) is 46.5 Å². The maximum absolute atomic E-state index is 10.7. The smallest absolute Gasteiger partial charge is 0.219 e. The quantitative estimate of drug-likeness (QED) is 0.539. The minimum atomic E-state index is -2.15. The second kappa shape index (κ2) is 3.82. The third-order valence-corrected chi connectivity index (χ3v) is 3.54. The van der Waals surface area contributed by atoms with Crippen LogP contribution in [-0.2, 0) is 16.7 Å². The summed E-state index contributed by atoms with van der Waals surface area (Å²) in [6, 6.07) is 5.77. The van der Waals surface area contributed by atoms with Gasteiger partial charge in [0.05, 0.1) is 10.6 Å². The molecule has 1 aromatic carbocycles. The van der Waals surface area contributed by atoms with E-state index < -0.39 is 10.3 Å². The first-order valence-corrected chi connectivity index (χ1v) is 6.10. The van der Waals surface area contributed by atoms with E-state index in [4.69, 9.17) is 0 Å². The Bertz CT molecular complexity index is 538. The van der Waals surface area contributed by atoms with E-state index in [0.717, 1.165) is 14.8 Å². The highest BCUT2D eigenvalue weighted by Crippen LogP contribution is 2.28. The fraction of sp³-hybridized carbons (Fsp3) is 0.111. The summed E-state index contributed by atoms with van der Waals surface area (Å²) in [5.41, 5.74) is 1.86. The molecule has 0 spiro atoms. The third-order valence-electron chi connectivity index (χ3n) is 1.99. The summed E-state index contributed by atoms with van der Waals surface area (Å²) >= 11 is 2.19. The summed E-state index contributed by atoms with van der Waals surface area (Å²) in [6.07, 6.45) is 1.87. The molecular weight excluding hydrogens is 313 g/mol. The van der Waals surface area contributed by atoms with Gasteiger partial charge in [-0.1, -0.05) is 12.1 Å². The first kappa shape index (κ1) is 9.85. The molecule has 0 aromatic heterocycles. The zero-order chi connectivity index (χ0) is 10.1. The second-order valence-electron chi connectivity index (χ2n) is 2.88. The SMILES string of the molecule is O=S(=O)=C1C=Nc2c(I)cccc2C1. The third kappa shape index (κ3) is 1.74. The van der Waals surface area contributed by atoms with E-state index in [9.17, 15) is 8.42 Å².